The normalized spacial score (nSPS) is 16.0. The minimum atomic E-state index is -4.96. The highest BCUT2D eigenvalue weighted by Crippen LogP contribution is 2.64. The van der Waals surface area contributed by atoms with E-state index in [9.17, 15) is 14.0 Å². The standard InChI is InChI=1S/C15H28O6P2S/c1-13(2)7-5-8-14(3)9-6-10-15(4)11-12-24-23(19,20)21-22(16,17)18/h7,9,11H,5-6,8,10,12H2,1-4H3,(H,19,20)(H2,16,17,18)/b14-9-,15-11+. The van der Waals surface area contributed by atoms with Crippen molar-refractivity contribution in [2.75, 3.05) is 5.75 Å². The van der Waals surface area contributed by atoms with Crippen molar-refractivity contribution in [2.24, 2.45) is 0 Å². The second kappa shape index (κ2) is 11.5. The Labute approximate surface area is 148 Å². The molecule has 0 aliphatic rings. The van der Waals surface area contributed by atoms with Crippen molar-refractivity contribution >= 4 is 26.0 Å². The fourth-order valence-electron chi connectivity index (χ4n) is 1.77. The molecule has 0 aliphatic heterocycles. The van der Waals surface area contributed by atoms with Crippen LogP contribution >= 0.6 is 26.0 Å². The Morgan fingerprint density at radius 1 is 0.917 bits per heavy atom. The summed E-state index contributed by atoms with van der Waals surface area (Å²) in [6, 6.07) is 0. The molecule has 9 heteroatoms. The van der Waals surface area contributed by atoms with Crippen LogP contribution < -0.4 is 0 Å². The van der Waals surface area contributed by atoms with Gasteiger partial charge in [0.1, 0.15) is 0 Å². The van der Waals surface area contributed by atoms with Gasteiger partial charge in [0.2, 0.25) is 0 Å². The molecule has 0 saturated heterocycles. The number of phosphoric acid groups is 1. The first-order valence-electron chi connectivity index (χ1n) is 7.60. The number of rotatable bonds is 11. The number of hydrogen-bond donors (Lipinski definition) is 3. The van der Waals surface area contributed by atoms with Crippen LogP contribution in [0.4, 0.5) is 0 Å². The van der Waals surface area contributed by atoms with Crippen LogP contribution in [0.5, 0.6) is 0 Å². The van der Waals surface area contributed by atoms with E-state index in [2.05, 4.69) is 37.2 Å². The molecule has 24 heavy (non-hydrogen) atoms. The van der Waals surface area contributed by atoms with Crippen molar-refractivity contribution in [2.45, 2.75) is 53.4 Å². The van der Waals surface area contributed by atoms with Crippen LogP contribution in [0.3, 0.4) is 0 Å². The van der Waals surface area contributed by atoms with Crippen LogP contribution in [-0.4, -0.2) is 20.4 Å². The van der Waals surface area contributed by atoms with Crippen LogP contribution in [0, 0.1) is 0 Å². The fraction of sp³-hybridized carbons (Fsp3) is 0.600. The molecule has 140 valence electrons. The van der Waals surface area contributed by atoms with Gasteiger partial charge in [-0.05, 0) is 64.8 Å². The highest BCUT2D eigenvalue weighted by atomic mass is 32.7. The average Bonchev–Trinajstić information content (AvgIpc) is 2.34. The number of allylic oxidation sites excluding steroid dienone is 5. The van der Waals surface area contributed by atoms with E-state index >= 15 is 0 Å². The summed E-state index contributed by atoms with van der Waals surface area (Å²) in [4.78, 5) is 26.4. The van der Waals surface area contributed by atoms with E-state index in [1.54, 1.807) is 6.08 Å². The van der Waals surface area contributed by atoms with E-state index in [1.807, 2.05) is 6.92 Å². The zero-order valence-electron chi connectivity index (χ0n) is 14.6. The first-order chi connectivity index (χ1) is 10.9. The molecule has 0 rings (SSSR count). The molecule has 0 heterocycles. The third-order valence-corrected chi connectivity index (χ3v) is 7.35. The molecule has 0 aromatic heterocycles. The lowest BCUT2D eigenvalue weighted by atomic mass is 10.1. The molecular formula is C15H28O6P2S. The summed E-state index contributed by atoms with van der Waals surface area (Å²) in [5.74, 6) is 0.156. The Morgan fingerprint density at radius 2 is 1.42 bits per heavy atom. The first-order valence-corrected chi connectivity index (χ1v) is 12.3. The molecule has 1 unspecified atom stereocenters. The Hall–Kier alpha value is -0.130. The summed E-state index contributed by atoms with van der Waals surface area (Å²) in [5, 5.41) is 0. The maximum atomic E-state index is 11.4. The van der Waals surface area contributed by atoms with Crippen LogP contribution in [-0.2, 0) is 13.4 Å². The zero-order valence-corrected chi connectivity index (χ0v) is 17.2. The van der Waals surface area contributed by atoms with Crippen molar-refractivity contribution in [3.8, 4) is 0 Å². The molecule has 1 atom stereocenters. The molecule has 3 N–H and O–H groups in total. The lowest BCUT2D eigenvalue weighted by Crippen LogP contribution is -1.86. The van der Waals surface area contributed by atoms with Gasteiger partial charge in [0, 0.05) is 5.75 Å². The summed E-state index contributed by atoms with van der Waals surface area (Å²) in [5.41, 5.74) is 3.71. The van der Waals surface area contributed by atoms with E-state index < -0.39 is 14.6 Å². The lowest BCUT2D eigenvalue weighted by molar-refractivity contribution is 0.270. The fourth-order valence-corrected chi connectivity index (χ4v) is 5.58. The second-order valence-electron chi connectivity index (χ2n) is 5.80. The van der Waals surface area contributed by atoms with Gasteiger partial charge in [0.25, 0.3) is 0 Å². The van der Waals surface area contributed by atoms with Crippen molar-refractivity contribution in [1.29, 1.82) is 0 Å². The molecule has 0 aliphatic carbocycles. The van der Waals surface area contributed by atoms with Crippen molar-refractivity contribution < 1.29 is 28.1 Å². The van der Waals surface area contributed by atoms with E-state index in [4.69, 9.17) is 9.79 Å². The van der Waals surface area contributed by atoms with Crippen molar-refractivity contribution in [1.82, 2.24) is 0 Å². The third-order valence-electron chi connectivity index (χ3n) is 3.00. The van der Waals surface area contributed by atoms with Gasteiger partial charge in [0.15, 0.2) is 0 Å². The van der Waals surface area contributed by atoms with Crippen LogP contribution in [0.1, 0.15) is 53.4 Å². The van der Waals surface area contributed by atoms with E-state index in [0.717, 1.165) is 31.3 Å². The highest BCUT2D eigenvalue weighted by Gasteiger charge is 2.30. The van der Waals surface area contributed by atoms with Gasteiger partial charge in [0.05, 0.1) is 0 Å². The van der Waals surface area contributed by atoms with Gasteiger partial charge in [-0.3, -0.25) is 0 Å². The molecule has 0 fully saturated rings. The molecule has 0 aromatic rings. The molecule has 0 bridgehead atoms. The van der Waals surface area contributed by atoms with Gasteiger partial charge in [-0.1, -0.05) is 34.9 Å². The summed E-state index contributed by atoms with van der Waals surface area (Å²) >= 11 is 0.486. The molecular weight excluding hydrogens is 370 g/mol. The van der Waals surface area contributed by atoms with E-state index in [0.29, 0.717) is 11.4 Å². The Bertz CT molecular complexity index is 573. The second-order valence-corrected chi connectivity index (χ2v) is 11.1. The van der Waals surface area contributed by atoms with E-state index in [1.165, 1.54) is 11.1 Å². The topological polar surface area (TPSA) is 104 Å². The first kappa shape index (κ1) is 23.9. The lowest BCUT2D eigenvalue weighted by Gasteiger charge is -2.10. The molecule has 6 nitrogen and oxygen atoms in total. The minimum absolute atomic E-state index is 0.156. The quantitative estimate of drug-likeness (QED) is 0.318. The molecule has 0 saturated carbocycles. The molecule has 0 amide bonds. The minimum Gasteiger partial charge on any atom is -0.316 e. The van der Waals surface area contributed by atoms with Crippen molar-refractivity contribution in [3.05, 3.63) is 34.9 Å². The summed E-state index contributed by atoms with van der Waals surface area (Å²) in [6.45, 7) is 3.85. The molecule has 0 radical (unpaired) electrons. The Kier molecular flexibility index (Phi) is 11.4. The maximum absolute atomic E-state index is 11.4. The van der Waals surface area contributed by atoms with Crippen LogP contribution in [0.25, 0.3) is 0 Å². The largest absolute Gasteiger partial charge is 0.477 e. The predicted molar refractivity (Wildman–Crippen MR) is 101 cm³/mol. The third kappa shape index (κ3) is 15.4. The summed E-state index contributed by atoms with van der Waals surface area (Å²) < 4.78 is 25.9. The summed E-state index contributed by atoms with van der Waals surface area (Å²) in [6.07, 6.45) is 9.98. The maximum Gasteiger partial charge on any atom is 0.477 e. The van der Waals surface area contributed by atoms with Crippen LogP contribution in [0.2, 0.25) is 0 Å². The SMILES string of the molecule is CC(C)=CCC/C(C)=C\CC/C(C)=C/CSP(=O)(O)OP(=O)(O)O. The summed E-state index contributed by atoms with van der Waals surface area (Å²) in [7, 11) is -4.96. The average molecular weight is 398 g/mol. The zero-order chi connectivity index (χ0) is 18.8. The van der Waals surface area contributed by atoms with E-state index in [-0.39, 0.29) is 5.75 Å². The van der Waals surface area contributed by atoms with Gasteiger partial charge >= 0.3 is 14.6 Å². The van der Waals surface area contributed by atoms with Crippen LogP contribution in [0.15, 0.2) is 34.9 Å². The van der Waals surface area contributed by atoms with Gasteiger partial charge in [-0.25, -0.2) is 9.13 Å². The van der Waals surface area contributed by atoms with Gasteiger partial charge in [-0.15, -0.1) is 0 Å². The Balaban J connectivity index is 4.18. The van der Waals surface area contributed by atoms with Gasteiger partial charge < -0.3 is 14.7 Å². The predicted octanol–water partition coefficient (Wildman–Crippen LogP) is 5.35. The van der Waals surface area contributed by atoms with Crippen molar-refractivity contribution in [3.63, 3.8) is 0 Å². The monoisotopic (exact) mass is 398 g/mol. The smallest absolute Gasteiger partial charge is 0.316 e. The molecule has 0 aromatic carbocycles. The van der Waals surface area contributed by atoms with Gasteiger partial charge in [-0.2, -0.15) is 4.31 Å². The Morgan fingerprint density at radius 3 is 1.92 bits per heavy atom. The number of hydrogen-bond acceptors (Lipinski definition) is 4. The highest BCUT2D eigenvalue weighted by molar-refractivity contribution is 8.55. The molecule has 0 spiro atoms.